The molecule has 0 fully saturated rings. The summed E-state index contributed by atoms with van der Waals surface area (Å²) < 4.78 is 4.45. The third kappa shape index (κ3) is 15.4. The van der Waals surface area contributed by atoms with Crippen molar-refractivity contribution in [3.05, 3.63) is 25.3 Å². The first-order valence-electron chi connectivity index (χ1n) is 3.86. The fraction of sp³-hybridized carbons (Fsp3) is 0.333. The first kappa shape index (κ1) is 16.1. The van der Waals surface area contributed by atoms with Crippen LogP contribution >= 0.6 is 11.6 Å². The van der Waals surface area contributed by atoms with Gasteiger partial charge >= 0.3 is 11.9 Å². The molecule has 0 bridgehead atoms. The van der Waals surface area contributed by atoms with Gasteiger partial charge in [-0.25, -0.2) is 9.59 Å². The number of carboxylic acids is 1. The van der Waals surface area contributed by atoms with Crippen LogP contribution in [0.25, 0.3) is 0 Å². The van der Waals surface area contributed by atoms with Crippen molar-refractivity contribution in [1.82, 2.24) is 0 Å². The predicted octanol–water partition coefficient (Wildman–Crippen LogP) is 0.572. The maximum atomic E-state index is 10.3. The van der Waals surface area contributed by atoms with Gasteiger partial charge in [0.1, 0.15) is 12.7 Å². The lowest BCUT2D eigenvalue weighted by molar-refractivity contribution is -0.140. The summed E-state index contributed by atoms with van der Waals surface area (Å²) in [5.74, 6) is -1.47. The Morgan fingerprint density at radius 3 is 2.13 bits per heavy atom. The second kappa shape index (κ2) is 10.7. The molecule has 0 aromatic heterocycles. The molecule has 1 unspecified atom stereocenters. The number of hydrogen-bond acceptors (Lipinski definition) is 4. The zero-order valence-electron chi connectivity index (χ0n) is 8.06. The minimum absolute atomic E-state index is 0.0599. The number of rotatable bonds is 5. The average molecular weight is 237 g/mol. The lowest BCUT2D eigenvalue weighted by atomic mass is 10.4. The van der Waals surface area contributed by atoms with Gasteiger partial charge in [-0.1, -0.05) is 13.2 Å². The molecule has 6 heteroatoms. The number of carbonyl (C=O) groups excluding carboxylic acids is 1. The van der Waals surface area contributed by atoms with E-state index in [0.29, 0.717) is 0 Å². The summed E-state index contributed by atoms with van der Waals surface area (Å²) in [5.41, 5.74) is 0. The molecular formula is C9H13ClO5. The third-order valence-electron chi connectivity index (χ3n) is 0.937. The zero-order chi connectivity index (χ0) is 12.3. The molecule has 0 saturated heterocycles. The molecule has 1 atom stereocenters. The molecule has 0 spiro atoms. The number of halogens is 1. The van der Waals surface area contributed by atoms with Crippen molar-refractivity contribution in [3.63, 3.8) is 0 Å². The fourth-order valence-electron chi connectivity index (χ4n) is 0.282. The molecule has 0 aliphatic carbocycles. The van der Waals surface area contributed by atoms with E-state index in [9.17, 15) is 9.59 Å². The van der Waals surface area contributed by atoms with E-state index < -0.39 is 18.0 Å². The maximum absolute atomic E-state index is 10.3. The van der Waals surface area contributed by atoms with Crippen LogP contribution in [0.15, 0.2) is 25.3 Å². The normalized spacial score (nSPS) is 10.3. The number of ether oxygens (including phenoxy) is 1. The van der Waals surface area contributed by atoms with Crippen molar-refractivity contribution in [2.75, 3.05) is 12.5 Å². The van der Waals surface area contributed by atoms with E-state index in [1.54, 1.807) is 0 Å². The van der Waals surface area contributed by atoms with Gasteiger partial charge in [0.15, 0.2) is 0 Å². The van der Waals surface area contributed by atoms with Gasteiger partial charge in [-0.3, -0.25) is 0 Å². The van der Waals surface area contributed by atoms with Crippen LogP contribution in [0, 0.1) is 0 Å². The van der Waals surface area contributed by atoms with Gasteiger partial charge < -0.3 is 14.9 Å². The highest BCUT2D eigenvalue weighted by Gasteiger charge is 2.03. The van der Waals surface area contributed by atoms with Crippen molar-refractivity contribution in [1.29, 1.82) is 0 Å². The molecule has 0 amide bonds. The van der Waals surface area contributed by atoms with E-state index in [4.69, 9.17) is 21.8 Å². The Morgan fingerprint density at radius 1 is 1.40 bits per heavy atom. The van der Waals surface area contributed by atoms with Crippen LogP contribution in [-0.2, 0) is 14.3 Å². The summed E-state index contributed by atoms with van der Waals surface area (Å²) in [6, 6.07) is 0. The number of carboxylic acid groups (broad SMARTS) is 1. The zero-order valence-corrected chi connectivity index (χ0v) is 8.81. The first-order valence-corrected chi connectivity index (χ1v) is 4.39. The van der Waals surface area contributed by atoms with Crippen LogP contribution in [0.2, 0.25) is 0 Å². The fourth-order valence-corrected chi connectivity index (χ4v) is 0.371. The smallest absolute Gasteiger partial charge is 0.330 e. The molecule has 0 heterocycles. The van der Waals surface area contributed by atoms with Gasteiger partial charge in [0.25, 0.3) is 0 Å². The lowest BCUT2D eigenvalue weighted by Gasteiger charge is -2.04. The number of carbonyl (C=O) groups is 2. The lowest BCUT2D eigenvalue weighted by Crippen LogP contribution is -2.18. The molecule has 0 aliphatic rings. The Hall–Kier alpha value is -1.33. The van der Waals surface area contributed by atoms with Gasteiger partial charge in [-0.15, -0.1) is 11.6 Å². The molecule has 0 aliphatic heterocycles. The largest absolute Gasteiger partial charge is 0.478 e. The number of esters is 1. The van der Waals surface area contributed by atoms with E-state index in [2.05, 4.69) is 17.9 Å². The molecule has 15 heavy (non-hydrogen) atoms. The molecule has 0 radical (unpaired) electrons. The Labute approximate surface area is 92.6 Å². The van der Waals surface area contributed by atoms with Crippen molar-refractivity contribution in [3.8, 4) is 0 Å². The SMILES string of the molecule is C=CC(=O)O.C=CC(=O)OCC(O)CCl. The van der Waals surface area contributed by atoms with Gasteiger partial charge in [0, 0.05) is 12.2 Å². The summed E-state index contributed by atoms with van der Waals surface area (Å²) in [6.45, 7) is 6.06. The van der Waals surface area contributed by atoms with Crippen LogP contribution in [0.5, 0.6) is 0 Å². The van der Waals surface area contributed by atoms with Crippen LogP contribution in [0.1, 0.15) is 0 Å². The minimum atomic E-state index is -0.981. The van der Waals surface area contributed by atoms with Crippen molar-refractivity contribution < 1.29 is 24.5 Å². The molecule has 0 aromatic rings. The van der Waals surface area contributed by atoms with Gasteiger partial charge in [-0.2, -0.15) is 0 Å². The molecular weight excluding hydrogens is 224 g/mol. The third-order valence-corrected chi connectivity index (χ3v) is 1.29. The van der Waals surface area contributed by atoms with Crippen LogP contribution in [0.4, 0.5) is 0 Å². The topological polar surface area (TPSA) is 83.8 Å². The van der Waals surface area contributed by atoms with E-state index in [1.165, 1.54) is 0 Å². The van der Waals surface area contributed by atoms with Crippen molar-refractivity contribution in [2.24, 2.45) is 0 Å². The molecule has 0 aromatic carbocycles. The summed E-state index contributed by atoms with van der Waals surface area (Å²) in [4.78, 5) is 19.6. The highest BCUT2D eigenvalue weighted by Crippen LogP contribution is 1.89. The first-order chi connectivity index (χ1) is 6.97. The van der Waals surface area contributed by atoms with E-state index in [0.717, 1.165) is 12.2 Å². The van der Waals surface area contributed by atoms with Crippen LogP contribution < -0.4 is 0 Å². The Kier molecular flexibility index (Phi) is 11.5. The number of aliphatic hydroxyl groups excluding tert-OH is 1. The van der Waals surface area contributed by atoms with E-state index >= 15 is 0 Å². The number of alkyl halides is 1. The summed E-state index contributed by atoms with van der Waals surface area (Å²) in [6.07, 6.45) is 1.08. The van der Waals surface area contributed by atoms with E-state index in [-0.39, 0.29) is 12.5 Å². The monoisotopic (exact) mass is 236 g/mol. The van der Waals surface area contributed by atoms with Crippen molar-refractivity contribution >= 4 is 23.5 Å². The summed E-state index contributed by atoms with van der Waals surface area (Å²) in [7, 11) is 0. The Bertz CT molecular complexity index is 227. The Morgan fingerprint density at radius 2 is 1.87 bits per heavy atom. The maximum Gasteiger partial charge on any atom is 0.330 e. The number of aliphatic carboxylic acids is 1. The highest BCUT2D eigenvalue weighted by molar-refractivity contribution is 6.18. The van der Waals surface area contributed by atoms with Gasteiger partial charge in [-0.05, 0) is 0 Å². The van der Waals surface area contributed by atoms with Gasteiger partial charge in [0.05, 0.1) is 5.88 Å². The molecule has 5 nitrogen and oxygen atoms in total. The standard InChI is InChI=1S/C6H9ClO3.C3H4O2/c1-2-6(9)10-4-5(8)3-7;1-2-3(4)5/h2,5,8H,1,3-4H2;2H,1H2,(H,4,5). The number of hydrogen-bond donors (Lipinski definition) is 2. The summed E-state index contributed by atoms with van der Waals surface area (Å²) in [5, 5.41) is 16.4. The molecule has 86 valence electrons. The number of aliphatic hydroxyl groups is 1. The Balaban J connectivity index is 0. The minimum Gasteiger partial charge on any atom is -0.478 e. The second-order valence-corrected chi connectivity index (χ2v) is 2.49. The van der Waals surface area contributed by atoms with Crippen LogP contribution in [0.3, 0.4) is 0 Å². The van der Waals surface area contributed by atoms with E-state index in [1.807, 2.05) is 0 Å². The molecule has 0 saturated carbocycles. The second-order valence-electron chi connectivity index (χ2n) is 2.18. The quantitative estimate of drug-likeness (QED) is 0.414. The molecule has 0 rings (SSSR count). The summed E-state index contributed by atoms with van der Waals surface area (Å²) >= 11 is 5.21. The molecule has 2 N–H and O–H groups in total. The van der Waals surface area contributed by atoms with Crippen LogP contribution in [-0.4, -0.2) is 40.7 Å². The van der Waals surface area contributed by atoms with Crippen molar-refractivity contribution in [2.45, 2.75) is 6.10 Å². The predicted molar refractivity (Wildman–Crippen MR) is 55.7 cm³/mol. The highest BCUT2D eigenvalue weighted by atomic mass is 35.5. The van der Waals surface area contributed by atoms with Gasteiger partial charge in [0.2, 0.25) is 0 Å². The average Bonchev–Trinajstić information content (AvgIpc) is 2.25.